The monoisotopic (exact) mass is 728 g/mol. The Balaban J connectivity index is 1.29. The lowest BCUT2D eigenvalue weighted by atomic mass is 9.98. The molecule has 2 aromatic heterocycles. The molecule has 0 spiro atoms. The van der Waals surface area contributed by atoms with E-state index in [9.17, 15) is 14.7 Å². The van der Waals surface area contributed by atoms with Crippen LogP contribution in [-0.4, -0.2) is 85.4 Å². The molecule has 6 rings (SSSR count). The summed E-state index contributed by atoms with van der Waals surface area (Å²) in [4.78, 5) is 28.4. The number of carbonyl (C=O) groups excluding carboxylic acids is 2. The summed E-state index contributed by atoms with van der Waals surface area (Å²) in [5, 5.41) is 25.2. The van der Waals surface area contributed by atoms with E-state index in [1.165, 1.54) is 7.11 Å². The van der Waals surface area contributed by atoms with E-state index < -0.39 is 18.6 Å². The normalized spacial score (nSPS) is 14.7. The molecular formula is C38H41ClN6O7. The fourth-order valence-electron chi connectivity index (χ4n) is 6.43. The van der Waals surface area contributed by atoms with Crippen LogP contribution >= 0.6 is 11.6 Å². The fraction of sp³-hybridized carbons (Fsp3) is 0.316. The summed E-state index contributed by atoms with van der Waals surface area (Å²) < 4.78 is 23.7. The van der Waals surface area contributed by atoms with Crippen molar-refractivity contribution in [3.05, 3.63) is 83.0 Å². The molecule has 0 unspecified atom stereocenters. The third-order valence-electron chi connectivity index (χ3n) is 9.13. The molecule has 1 fully saturated rings. The van der Waals surface area contributed by atoms with Crippen LogP contribution in [0.2, 0.25) is 5.02 Å². The second-order valence-corrected chi connectivity index (χ2v) is 12.6. The number of carbonyl (C=O) groups is 2. The summed E-state index contributed by atoms with van der Waals surface area (Å²) in [7, 11) is 5.96. The lowest BCUT2D eigenvalue weighted by Crippen LogP contribution is -2.40. The van der Waals surface area contributed by atoms with Crippen molar-refractivity contribution < 1.29 is 33.6 Å². The van der Waals surface area contributed by atoms with E-state index in [1.54, 1.807) is 32.2 Å². The molecule has 1 aliphatic heterocycles. The average Bonchev–Trinajstić information content (AvgIpc) is 3.80. The Bertz CT molecular complexity index is 2060. The molecule has 1 amide bonds. The standard InChI is InChI=1S/C38H41ClN6O7/c1-49-33-15-24(16-34(50-2)29(33)19-41-31(21-46)38(48)52-4)45-32-10-6-7-25(28(32)20-42-45)26-8-5-9-27(36(26)39)30-13-11-22(37(44-30)51-3)17-40-18-23-12-14-35(47)43-23/h5-11,13,15-16,20,23,31,40-41,46H,12,14,17-19,21H2,1-4H3,(H,43,47)/t23-,31+/m0/s1. The van der Waals surface area contributed by atoms with Gasteiger partial charge in [0.25, 0.3) is 0 Å². The molecule has 272 valence electrons. The van der Waals surface area contributed by atoms with Crippen molar-refractivity contribution in [3.8, 4) is 45.5 Å². The molecule has 52 heavy (non-hydrogen) atoms. The van der Waals surface area contributed by atoms with Gasteiger partial charge in [0.2, 0.25) is 11.8 Å². The number of aliphatic hydroxyl groups is 1. The van der Waals surface area contributed by atoms with Gasteiger partial charge in [0.05, 0.1) is 68.7 Å². The summed E-state index contributed by atoms with van der Waals surface area (Å²) >= 11 is 7.15. The molecule has 1 aliphatic rings. The number of nitrogens with zero attached hydrogens (tertiary/aromatic N) is 3. The van der Waals surface area contributed by atoms with E-state index >= 15 is 0 Å². The van der Waals surface area contributed by atoms with Crippen molar-refractivity contribution in [2.45, 2.75) is 38.0 Å². The van der Waals surface area contributed by atoms with Crippen LogP contribution in [0.5, 0.6) is 17.4 Å². The number of esters is 1. The Hall–Kier alpha value is -5.21. The lowest BCUT2D eigenvalue weighted by molar-refractivity contribution is -0.144. The summed E-state index contributed by atoms with van der Waals surface area (Å²) in [5.41, 5.74) is 6.20. The molecular weight excluding hydrogens is 688 g/mol. The minimum atomic E-state index is -0.906. The second-order valence-electron chi connectivity index (χ2n) is 12.2. The topological polar surface area (TPSA) is 158 Å². The van der Waals surface area contributed by atoms with Crippen molar-refractivity contribution in [2.75, 3.05) is 41.6 Å². The molecule has 0 aliphatic carbocycles. The number of nitrogens with one attached hydrogen (secondary N) is 3. The molecule has 5 aromatic rings. The number of benzene rings is 3. The van der Waals surface area contributed by atoms with Crippen LogP contribution in [0.25, 0.3) is 39.0 Å². The van der Waals surface area contributed by atoms with Gasteiger partial charge in [-0.25, -0.2) is 9.67 Å². The van der Waals surface area contributed by atoms with E-state index in [0.29, 0.717) is 58.9 Å². The average molecular weight is 729 g/mol. The Kier molecular flexibility index (Phi) is 11.6. The maximum atomic E-state index is 12.0. The number of halogens is 1. The van der Waals surface area contributed by atoms with Crippen molar-refractivity contribution >= 4 is 34.4 Å². The minimum Gasteiger partial charge on any atom is -0.496 e. The highest BCUT2D eigenvalue weighted by atomic mass is 35.5. The van der Waals surface area contributed by atoms with Gasteiger partial charge >= 0.3 is 5.97 Å². The highest BCUT2D eigenvalue weighted by molar-refractivity contribution is 6.36. The number of aliphatic hydroxyl groups excluding tert-OH is 1. The quantitative estimate of drug-likeness (QED) is 0.113. The predicted octanol–water partition coefficient (Wildman–Crippen LogP) is 4.43. The molecule has 14 heteroatoms. The van der Waals surface area contributed by atoms with Gasteiger partial charge in [-0.2, -0.15) is 5.10 Å². The minimum absolute atomic E-state index is 0.0913. The van der Waals surface area contributed by atoms with Crippen LogP contribution in [-0.2, 0) is 27.4 Å². The number of hydrogen-bond donors (Lipinski definition) is 4. The van der Waals surface area contributed by atoms with Gasteiger partial charge in [0.1, 0.15) is 17.5 Å². The number of hydrogen-bond acceptors (Lipinski definition) is 11. The number of ether oxygens (including phenoxy) is 4. The largest absolute Gasteiger partial charge is 0.496 e. The first-order chi connectivity index (χ1) is 25.3. The van der Waals surface area contributed by atoms with Crippen molar-refractivity contribution in [2.24, 2.45) is 0 Å². The van der Waals surface area contributed by atoms with E-state index in [2.05, 4.69) is 16.0 Å². The van der Waals surface area contributed by atoms with Gasteiger partial charge < -0.3 is 34.7 Å². The zero-order chi connectivity index (χ0) is 36.8. The summed E-state index contributed by atoms with van der Waals surface area (Å²) in [6.45, 7) is 0.955. The number of rotatable bonds is 15. The molecule has 0 saturated carbocycles. The van der Waals surface area contributed by atoms with Gasteiger partial charge in [-0.1, -0.05) is 48.0 Å². The third kappa shape index (κ3) is 7.53. The fourth-order valence-corrected chi connectivity index (χ4v) is 6.75. The SMILES string of the molecule is COC(=O)[C@@H](CO)NCc1c(OC)cc(-n2ncc3c(-c4cccc(-c5ccc(CNC[C@@H]6CCC(=O)N6)c(OC)n5)c4Cl)cccc32)cc1OC. The lowest BCUT2D eigenvalue weighted by Gasteiger charge is -2.19. The van der Waals surface area contributed by atoms with Crippen LogP contribution in [0.4, 0.5) is 0 Å². The molecule has 0 radical (unpaired) electrons. The van der Waals surface area contributed by atoms with E-state index in [1.807, 2.05) is 60.7 Å². The van der Waals surface area contributed by atoms with Crippen molar-refractivity contribution in [1.29, 1.82) is 0 Å². The zero-order valence-electron chi connectivity index (χ0n) is 29.4. The first-order valence-electron chi connectivity index (χ1n) is 16.8. The molecule has 3 heterocycles. The Morgan fingerprint density at radius 3 is 2.40 bits per heavy atom. The van der Waals surface area contributed by atoms with Crippen LogP contribution in [0.15, 0.2) is 66.9 Å². The summed E-state index contributed by atoms with van der Waals surface area (Å²) in [6.07, 6.45) is 3.19. The second kappa shape index (κ2) is 16.4. The van der Waals surface area contributed by atoms with Crippen molar-refractivity contribution in [3.63, 3.8) is 0 Å². The van der Waals surface area contributed by atoms with Gasteiger partial charge in [0, 0.05) is 66.3 Å². The van der Waals surface area contributed by atoms with Gasteiger partial charge in [-0.05, 0) is 24.1 Å². The number of methoxy groups -OCH3 is 4. The van der Waals surface area contributed by atoms with Gasteiger partial charge in [-0.3, -0.25) is 14.9 Å². The van der Waals surface area contributed by atoms with Crippen LogP contribution in [0, 0.1) is 0 Å². The maximum Gasteiger partial charge on any atom is 0.325 e. The highest BCUT2D eigenvalue weighted by Crippen LogP contribution is 2.40. The molecule has 0 bridgehead atoms. The maximum absolute atomic E-state index is 12.0. The first-order valence-corrected chi connectivity index (χ1v) is 17.1. The van der Waals surface area contributed by atoms with Crippen LogP contribution in [0.3, 0.4) is 0 Å². The van der Waals surface area contributed by atoms with E-state index in [0.717, 1.165) is 39.6 Å². The number of pyridine rings is 1. The first kappa shape index (κ1) is 36.6. The molecule has 4 N–H and O–H groups in total. The predicted molar refractivity (Wildman–Crippen MR) is 197 cm³/mol. The number of aromatic nitrogens is 3. The molecule has 2 atom stereocenters. The van der Waals surface area contributed by atoms with Crippen molar-refractivity contribution in [1.82, 2.24) is 30.7 Å². The zero-order valence-corrected chi connectivity index (χ0v) is 30.1. The Labute approximate surface area is 306 Å². The van der Waals surface area contributed by atoms with E-state index in [-0.39, 0.29) is 18.5 Å². The molecule has 13 nitrogen and oxygen atoms in total. The molecule has 3 aromatic carbocycles. The third-order valence-corrected chi connectivity index (χ3v) is 9.54. The van der Waals surface area contributed by atoms with E-state index in [4.69, 9.17) is 40.6 Å². The van der Waals surface area contributed by atoms with Crippen LogP contribution in [0.1, 0.15) is 24.0 Å². The van der Waals surface area contributed by atoms with Crippen LogP contribution < -0.4 is 30.2 Å². The Morgan fingerprint density at radius 2 is 1.73 bits per heavy atom. The van der Waals surface area contributed by atoms with Gasteiger partial charge in [0.15, 0.2) is 0 Å². The summed E-state index contributed by atoms with van der Waals surface area (Å²) in [6, 6.07) is 18.6. The Morgan fingerprint density at radius 1 is 1.00 bits per heavy atom. The molecule has 1 saturated heterocycles. The number of fused-ring (bicyclic) bond motifs is 1. The van der Waals surface area contributed by atoms with Gasteiger partial charge in [-0.15, -0.1) is 0 Å². The number of amides is 1. The smallest absolute Gasteiger partial charge is 0.325 e. The summed E-state index contributed by atoms with van der Waals surface area (Å²) in [5.74, 6) is 1.02. The highest BCUT2D eigenvalue weighted by Gasteiger charge is 2.23.